The molecule has 0 saturated carbocycles. The average Bonchev–Trinajstić information content (AvgIpc) is 2.34. The summed E-state index contributed by atoms with van der Waals surface area (Å²) in [4.78, 5) is 4.44. The van der Waals surface area contributed by atoms with Crippen molar-refractivity contribution in [2.45, 2.75) is 11.8 Å². The van der Waals surface area contributed by atoms with E-state index in [1.165, 1.54) is 24.4 Å². The summed E-state index contributed by atoms with van der Waals surface area (Å²) in [6.07, 6.45) is 4.44. The van der Waals surface area contributed by atoms with E-state index >= 15 is 0 Å². The summed E-state index contributed by atoms with van der Waals surface area (Å²) in [5.74, 6) is 0.286. The standard InChI is InChI=1S/C11H10ClN3O2S/c12-7-1-2-10(13-6-7)14-15-11(17)4-3-8(18)5-9(11)16/h1-6,9,16-18H. The Morgan fingerprint density at radius 1 is 1.44 bits per heavy atom. The van der Waals surface area contributed by atoms with E-state index in [0.29, 0.717) is 9.93 Å². The number of pyridine rings is 1. The van der Waals surface area contributed by atoms with E-state index in [4.69, 9.17) is 11.6 Å². The van der Waals surface area contributed by atoms with Gasteiger partial charge in [-0.25, -0.2) is 4.98 Å². The second kappa shape index (κ2) is 5.19. The van der Waals surface area contributed by atoms with Gasteiger partial charge in [0, 0.05) is 11.1 Å². The summed E-state index contributed by atoms with van der Waals surface area (Å²) in [5.41, 5.74) is -1.80. The molecule has 1 aromatic heterocycles. The molecule has 1 aliphatic carbocycles. The second-order valence-corrected chi connectivity index (χ2v) is 4.64. The number of azo groups is 1. The number of allylic oxidation sites excluding steroid dienone is 1. The van der Waals surface area contributed by atoms with Gasteiger partial charge in [0.15, 0.2) is 5.82 Å². The summed E-state index contributed by atoms with van der Waals surface area (Å²) in [7, 11) is 0. The fourth-order valence-electron chi connectivity index (χ4n) is 1.30. The van der Waals surface area contributed by atoms with E-state index in [1.807, 2.05) is 0 Å². The van der Waals surface area contributed by atoms with Gasteiger partial charge in [0.05, 0.1) is 5.02 Å². The molecule has 0 bridgehead atoms. The Morgan fingerprint density at radius 3 is 2.83 bits per heavy atom. The molecule has 5 nitrogen and oxygen atoms in total. The topological polar surface area (TPSA) is 78.1 Å². The first kappa shape index (κ1) is 13.2. The highest BCUT2D eigenvalue weighted by atomic mass is 35.5. The lowest BCUT2D eigenvalue weighted by molar-refractivity contribution is -0.0135. The number of aliphatic hydroxyl groups excluding tert-OH is 1. The fourth-order valence-corrected chi connectivity index (χ4v) is 1.63. The maximum absolute atomic E-state index is 10.0. The van der Waals surface area contributed by atoms with Gasteiger partial charge >= 0.3 is 0 Å². The molecule has 0 aliphatic heterocycles. The molecule has 2 rings (SSSR count). The molecular formula is C11H10ClN3O2S. The third-order valence-electron chi connectivity index (χ3n) is 2.29. The molecule has 7 heteroatoms. The number of hydrogen-bond acceptors (Lipinski definition) is 6. The molecule has 0 saturated heterocycles. The fraction of sp³-hybridized carbons (Fsp3) is 0.182. The highest BCUT2D eigenvalue weighted by Gasteiger charge is 2.34. The van der Waals surface area contributed by atoms with E-state index in [0.717, 1.165) is 0 Å². The Balaban J connectivity index is 2.18. The van der Waals surface area contributed by atoms with Crippen molar-refractivity contribution < 1.29 is 10.2 Å². The molecule has 1 aliphatic rings. The molecule has 2 atom stereocenters. The van der Waals surface area contributed by atoms with Crippen LogP contribution in [0.5, 0.6) is 0 Å². The third-order valence-corrected chi connectivity index (χ3v) is 2.81. The number of aromatic nitrogens is 1. The minimum Gasteiger partial charge on any atom is -0.383 e. The molecule has 1 heterocycles. The minimum atomic E-state index is -1.80. The van der Waals surface area contributed by atoms with Crippen LogP contribution in [0.25, 0.3) is 0 Å². The normalized spacial score (nSPS) is 27.6. The summed E-state index contributed by atoms with van der Waals surface area (Å²) in [6.45, 7) is 0. The molecule has 18 heavy (non-hydrogen) atoms. The molecule has 2 unspecified atom stereocenters. The van der Waals surface area contributed by atoms with Gasteiger partial charge < -0.3 is 10.2 Å². The van der Waals surface area contributed by atoms with Crippen LogP contribution in [0.4, 0.5) is 5.82 Å². The molecule has 1 aromatic rings. The maximum atomic E-state index is 10.0. The van der Waals surface area contributed by atoms with Crippen LogP contribution >= 0.6 is 24.2 Å². The van der Waals surface area contributed by atoms with Gasteiger partial charge in [-0.2, -0.15) is 0 Å². The minimum absolute atomic E-state index is 0.286. The summed E-state index contributed by atoms with van der Waals surface area (Å²) in [5, 5.41) is 27.7. The van der Waals surface area contributed by atoms with Crippen LogP contribution in [0.1, 0.15) is 0 Å². The average molecular weight is 284 g/mol. The molecule has 0 radical (unpaired) electrons. The lowest BCUT2D eigenvalue weighted by Crippen LogP contribution is -2.38. The van der Waals surface area contributed by atoms with Crippen molar-refractivity contribution in [3.8, 4) is 0 Å². The number of aliphatic hydroxyl groups is 2. The van der Waals surface area contributed by atoms with E-state index in [1.54, 1.807) is 12.1 Å². The zero-order valence-corrected chi connectivity index (χ0v) is 10.8. The van der Waals surface area contributed by atoms with Gasteiger partial charge in [-0.05, 0) is 30.4 Å². The van der Waals surface area contributed by atoms with Crippen molar-refractivity contribution in [3.05, 3.63) is 46.5 Å². The van der Waals surface area contributed by atoms with Crippen molar-refractivity contribution in [2.75, 3.05) is 0 Å². The van der Waals surface area contributed by atoms with Crippen molar-refractivity contribution in [1.82, 2.24) is 4.98 Å². The number of nitrogens with zero attached hydrogens (tertiary/aromatic N) is 3. The quantitative estimate of drug-likeness (QED) is 0.575. The van der Waals surface area contributed by atoms with E-state index in [2.05, 4.69) is 27.8 Å². The number of thiol groups is 1. The zero-order valence-electron chi connectivity index (χ0n) is 9.10. The molecule has 94 valence electrons. The van der Waals surface area contributed by atoms with Crippen LogP contribution in [0.2, 0.25) is 5.02 Å². The zero-order chi connectivity index (χ0) is 13.2. The number of hydrogen-bond donors (Lipinski definition) is 3. The summed E-state index contributed by atoms with van der Waals surface area (Å²) >= 11 is 9.73. The summed E-state index contributed by atoms with van der Waals surface area (Å²) < 4.78 is 0. The second-order valence-electron chi connectivity index (χ2n) is 3.69. The van der Waals surface area contributed by atoms with Crippen molar-refractivity contribution in [2.24, 2.45) is 10.2 Å². The first-order chi connectivity index (χ1) is 8.49. The summed E-state index contributed by atoms with van der Waals surface area (Å²) in [6, 6.07) is 3.15. The van der Waals surface area contributed by atoms with Crippen LogP contribution in [-0.2, 0) is 0 Å². The molecule has 0 spiro atoms. The monoisotopic (exact) mass is 283 g/mol. The van der Waals surface area contributed by atoms with E-state index in [9.17, 15) is 10.2 Å². The van der Waals surface area contributed by atoms with Gasteiger partial charge in [-0.15, -0.1) is 22.9 Å². The van der Waals surface area contributed by atoms with Gasteiger partial charge in [0.2, 0.25) is 5.72 Å². The molecule has 0 aromatic carbocycles. The number of rotatable bonds is 2. The molecular weight excluding hydrogens is 274 g/mol. The lowest BCUT2D eigenvalue weighted by Gasteiger charge is -2.25. The Morgan fingerprint density at radius 2 is 2.22 bits per heavy atom. The van der Waals surface area contributed by atoms with Gasteiger partial charge in [0.1, 0.15) is 6.10 Å². The molecule has 0 fully saturated rings. The first-order valence-corrected chi connectivity index (χ1v) is 5.87. The predicted octanol–water partition coefficient (Wildman–Crippen LogP) is 2.25. The van der Waals surface area contributed by atoms with Crippen molar-refractivity contribution >= 4 is 30.0 Å². The van der Waals surface area contributed by atoms with Crippen LogP contribution in [0, 0.1) is 0 Å². The Kier molecular flexibility index (Phi) is 3.82. The predicted molar refractivity (Wildman–Crippen MR) is 70.9 cm³/mol. The van der Waals surface area contributed by atoms with Crippen LogP contribution in [0.3, 0.4) is 0 Å². The maximum Gasteiger partial charge on any atom is 0.226 e. The highest BCUT2D eigenvalue weighted by Crippen LogP contribution is 2.26. The van der Waals surface area contributed by atoms with Crippen LogP contribution < -0.4 is 0 Å². The van der Waals surface area contributed by atoms with Crippen LogP contribution in [0.15, 0.2) is 51.7 Å². The Bertz CT molecular complexity index is 530. The highest BCUT2D eigenvalue weighted by molar-refractivity contribution is 7.84. The molecule has 0 amide bonds. The lowest BCUT2D eigenvalue weighted by atomic mass is 10.0. The Labute approximate surface area is 114 Å². The van der Waals surface area contributed by atoms with Gasteiger partial charge in [-0.3, -0.25) is 0 Å². The van der Waals surface area contributed by atoms with Gasteiger partial charge in [-0.1, -0.05) is 11.6 Å². The first-order valence-electron chi connectivity index (χ1n) is 5.04. The Hall–Kier alpha value is -1.21. The smallest absolute Gasteiger partial charge is 0.226 e. The van der Waals surface area contributed by atoms with E-state index < -0.39 is 11.8 Å². The van der Waals surface area contributed by atoms with Gasteiger partial charge in [0.25, 0.3) is 0 Å². The third kappa shape index (κ3) is 2.97. The van der Waals surface area contributed by atoms with Crippen molar-refractivity contribution in [1.29, 1.82) is 0 Å². The number of halogens is 1. The van der Waals surface area contributed by atoms with E-state index in [-0.39, 0.29) is 5.82 Å². The largest absolute Gasteiger partial charge is 0.383 e. The van der Waals surface area contributed by atoms with Crippen molar-refractivity contribution in [3.63, 3.8) is 0 Å². The van der Waals surface area contributed by atoms with Crippen LogP contribution in [-0.4, -0.2) is 27.0 Å². The SMILES string of the molecule is OC1C=C(S)C=CC1(O)N=Nc1ccc(Cl)cn1. The molecule has 2 N–H and O–H groups in total.